The molecule has 0 radical (unpaired) electrons. The lowest BCUT2D eigenvalue weighted by Crippen LogP contribution is -2.06. The second-order valence-corrected chi connectivity index (χ2v) is 5.59. The zero-order chi connectivity index (χ0) is 16.4. The van der Waals surface area contributed by atoms with Crippen LogP contribution >= 0.6 is 0 Å². The minimum atomic E-state index is -0.0202. The van der Waals surface area contributed by atoms with E-state index < -0.39 is 0 Å². The molecule has 0 aliphatic heterocycles. The van der Waals surface area contributed by atoms with E-state index in [0.29, 0.717) is 12.1 Å². The van der Waals surface area contributed by atoms with Crippen LogP contribution in [0.1, 0.15) is 28.2 Å². The van der Waals surface area contributed by atoms with Crippen molar-refractivity contribution in [1.82, 2.24) is 14.8 Å². The molecular formula is C18H18N4O. The van der Waals surface area contributed by atoms with Crippen molar-refractivity contribution in [3.05, 3.63) is 64.7 Å². The number of aryl methyl sites for hydroxylation is 1. The number of nitrogens with one attached hydrogen (secondary N) is 1. The molecule has 2 aromatic heterocycles. The van der Waals surface area contributed by atoms with Gasteiger partial charge in [-0.1, -0.05) is 12.1 Å². The Morgan fingerprint density at radius 2 is 2.00 bits per heavy atom. The summed E-state index contributed by atoms with van der Waals surface area (Å²) in [5.74, 6) is 0. The predicted molar refractivity (Wildman–Crippen MR) is 87.7 cm³/mol. The SMILES string of the molecule is Cc1cc(-c2ccc(C#N)cc2)c(C)n1Cc1[nH]ncc1CO. The quantitative estimate of drug-likeness (QED) is 0.778. The molecule has 3 rings (SSSR count). The van der Waals surface area contributed by atoms with Crippen molar-refractivity contribution >= 4 is 0 Å². The maximum absolute atomic E-state index is 9.36. The summed E-state index contributed by atoms with van der Waals surface area (Å²) in [7, 11) is 0. The van der Waals surface area contributed by atoms with Crippen LogP contribution in [0.15, 0.2) is 36.5 Å². The molecule has 0 amide bonds. The van der Waals surface area contributed by atoms with Crippen molar-refractivity contribution in [2.75, 3.05) is 0 Å². The molecule has 0 aliphatic carbocycles. The lowest BCUT2D eigenvalue weighted by atomic mass is 10.0. The highest BCUT2D eigenvalue weighted by Crippen LogP contribution is 2.28. The second kappa shape index (κ2) is 6.11. The Morgan fingerprint density at radius 3 is 2.65 bits per heavy atom. The summed E-state index contributed by atoms with van der Waals surface area (Å²) in [4.78, 5) is 0. The molecule has 5 heteroatoms. The van der Waals surface area contributed by atoms with Gasteiger partial charge < -0.3 is 9.67 Å². The van der Waals surface area contributed by atoms with Crippen molar-refractivity contribution in [1.29, 1.82) is 5.26 Å². The highest BCUT2D eigenvalue weighted by atomic mass is 16.3. The lowest BCUT2D eigenvalue weighted by molar-refractivity contribution is 0.280. The van der Waals surface area contributed by atoms with E-state index >= 15 is 0 Å². The largest absolute Gasteiger partial charge is 0.392 e. The Balaban J connectivity index is 1.97. The Hall–Kier alpha value is -2.84. The van der Waals surface area contributed by atoms with E-state index in [-0.39, 0.29) is 6.61 Å². The van der Waals surface area contributed by atoms with E-state index in [1.54, 1.807) is 6.20 Å². The highest BCUT2D eigenvalue weighted by Gasteiger charge is 2.13. The number of hydrogen-bond donors (Lipinski definition) is 2. The van der Waals surface area contributed by atoms with Gasteiger partial charge in [0.25, 0.3) is 0 Å². The molecule has 0 fully saturated rings. The van der Waals surface area contributed by atoms with Crippen molar-refractivity contribution in [3.8, 4) is 17.2 Å². The molecule has 2 heterocycles. The monoisotopic (exact) mass is 306 g/mol. The van der Waals surface area contributed by atoms with Crippen LogP contribution in [0.4, 0.5) is 0 Å². The molecule has 0 saturated carbocycles. The van der Waals surface area contributed by atoms with E-state index in [0.717, 1.165) is 33.8 Å². The van der Waals surface area contributed by atoms with Crippen LogP contribution < -0.4 is 0 Å². The molecule has 0 aliphatic rings. The molecule has 0 atom stereocenters. The molecule has 2 N–H and O–H groups in total. The van der Waals surface area contributed by atoms with Gasteiger partial charge in [-0.15, -0.1) is 0 Å². The Bertz CT molecular complexity index is 866. The fourth-order valence-corrected chi connectivity index (χ4v) is 2.83. The molecule has 116 valence electrons. The Labute approximate surface area is 134 Å². The van der Waals surface area contributed by atoms with Crippen LogP contribution in [0.5, 0.6) is 0 Å². The average Bonchev–Trinajstić information content (AvgIpc) is 3.14. The average molecular weight is 306 g/mol. The smallest absolute Gasteiger partial charge is 0.0991 e. The van der Waals surface area contributed by atoms with Gasteiger partial charge >= 0.3 is 0 Å². The number of aromatic amines is 1. The first-order valence-corrected chi connectivity index (χ1v) is 7.43. The van der Waals surface area contributed by atoms with E-state index in [2.05, 4.69) is 40.7 Å². The molecule has 0 saturated heterocycles. The van der Waals surface area contributed by atoms with Gasteiger partial charge in [0.1, 0.15) is 0 Å². The standard InChI is InChI=1S/C18H18N4O/c1-12-7-17(15-5-3-14(8-19)4-6-15)13(2)22(12)10-18-16(11-23)9-20-21-18/h3-7,9,23H,10-11H2,1-2H3,(H,20,21). The lowest BCUT2D eigenvalue weighted by Gasteiger charge is -2.10. The fraction of sp³-hybridized carbons (Fsp3) is 0.222. The van der Waals surface area contributed by atoms with Gasteiger partial charge in [0.2, 0.25) is 0 Å². The molecular weight excluding hydrogens is 288 g/mol. The van der Waals surface area contributed by atoms with Gasteiger partial charge in [0.05, 0.1) is 36.7 Å². The van der Waals surface area contributed by atoms with E-state index in [9.17, 15) is 5.11 Å². The van der Waals surface area contributed by atoms with Crippen molar-refractivity contribution in [2.24, 2.45) is 0 Å². The molecule has 1 aromatic carbocycles. The van der Waals surface area contributed by atoms with Crippen molar-refractivity contribution in [2.45, 2.75) is 27.0 Å². The first-order valence-electron chi connectivity index (χ1n) is 7.43. The molecule has 3 aromatic rings. The first kappa shape index (κ1) is 15.1. The number of benzene rings is 1. The molecule has 5 nitrogen and oxygen atoms in total. The van der Waals surface area contributed by atoms with Gasteiger partial charge in [-0.3, -0.25) is 5.10 Å². The highest BCUT2D eigenvalue weighted by molar-refractivity contribution is 5.68. The Kier molecular flexibility index (Phi) is 4.00. The van der Waals surface area contributed by atoms with Crippen molar-refractivity contribution < 1.29 is 5.11 Å². The van der Waals surface area contributed by atoms with Crippen LogP contribution in [0.2, 0.25) is 0 Å². The summed E-state index contributed by atoms with van der Waals surface area (Å²) in [6.45, 7) is 4.77. The van der Waals surface area contributed by atoms with Crippen LogP contribution in [-0.2, 0) is 13.2 Å². The van der Waals surface area contributed by atoms with Crippen LogP contribution in [0.3, 0.4) is 0 Å². The molecule has 0 spiro atoms. The summed E-state index contributed by atoms with van der Waals surface area (Å²) in [6.07, 6.45) is 1.66. The van der Waals surface area contributed by atoms with Crippen LogP contribution in [0, 0.1) is 25.2 Å². The van der Waals surface area contributed by atoms with Gasteiger partial charge in [-0.05, 0) is 37.6 Å². The summed E-state index contributed by atoms with van der Waals surface area (Å²) < 4.78 is 2.19. The van der Waals surface area contributed by atoms with Gasteiger partial charge in [-0.25, -0.2) is 0 Å². The van der Waals surface area contributed by atoms with E-state index in [1.165, 1.54) is 0 Å². The summed E-state index contributed by atoms with van der Waals surface area (Å²) >= 11 is 0. The van der Waals surface area contributed by atoms with E-state index in [1.807, 2.05) is 24.3 Å². The van der Waals surface area contributed by atoms with Gasteiger partial charge in [0.15, 0.2) is 0 Å². The number of aromatic nitrogens is 3. The maximum atomic E-state index is 9.36. The summed E-state index contributed by atoms with van der Waals surface area (Å²) in [5, 5.41) is 25.2. The zero-order valence-corrected chi connectivity index (χ0v) is 13.2. The Morgan fingerprint density at radius 1 is 1.26 bits per heavy atom. The van der Waals surface area contributed by atoms with Crippen LogP contribution in [-0.4, -0.2) is 19.9 Å². The first-order chi connectivity index (χ1) is 11.1. The fourth-order valence-electron chi connectivity index (χ4n) is 2.83. The van der Waals surface area contributed by atoms with Gasteiger partial charge in [0, 0.05) is 22.5 Å². The zero-order valence-electron chi connectivity index (χ0n) is 13.2. The summed E-state index contributed by atoms with van der Waals surface area (Å²) in [6, 6.07) is 11.9. The molecule has 0 bridgehead atoms. The minimum Gasteiger partial charge on any atom is -0.392 e. The number of aliphatic hydroxyl groups excluding tert-OH is 1. The van der Waals surface area contributed by atoms with Crippen LogP contribution in [0.25, 0.3) is 11.1 Å². The van der Waals surface area contributed by atoms with E-state index in [4.69, 9.17) is 5.26 Å². The normalized spacial score (nSPS) is 10.7. The molecule has 0 unspecified atom stereocenters. The number of nitriles is 1. The third-order valence-corrected chi connectivity index (χ3v) is 4.19. The summed E-state index contributed by atoms with van der Waals surface area (Å²) in [5.41, 5.74) is 6.92. The van der Waals surface area contributed by atoms with Gasteiger partial charge in [-0.2, -0.15) is 10.4 Å². The minimum absolute atomic E-state index is 0.0202. The number of H-pyrrole nitrogens is 1. The third kappa shape index (κ3) is 2.77. The second-order valence-electron chi connectivity index (χ2n) is 5.59. The third-order valence-electron chi connectivity index (χ3n) is 4.19. The maximum Gasteiger partial charge on any atom is 0.0991 e. The van der Waals surface area contributed by atoms with Crippen molar-refractivity contribution in [3.63, 3.8) is 0 Å². The topological polar surface area (TPSA) is 77.6 Å². The number of nitrogens with zero attached hydrogens (tertiary/aromatic N) is 3. The number of aliphatic hydroxyl groups is 1. The number of rotatable bonds is 4. The predicted octanol–water partition coefficient (Wildman–Crippen LogP) is 2.91. The molecule has 23 heavy (non-hydrogen) atoms. The number of hydrogen-bond acceptors (Lipinski definition) is 3.